The van der Waals surface area contributed by atoms with Gasteiger partial charge in [-0.2, -0.15) is 4.68 Å². The van der Waals surface area contributed by atoms with E-state index < -0.39 is 0 Å². The number of piperidine rings is 1. The molecule has 0 bridgehead atoms. The minimum atomic E-state index is -0.226. The molecule has 1 fully saturated rings. The van der Waals surface area contributed by atoms with Crippen LogP contribution < -0.4 is 15.8 Å². The summed E-state index contributed by atoms with van der Waals surface area (Å²) < 4.78 is 1.36. The number of carbonyl (C=O) groups is 1. The normalized spacial score (nSPS) is 16.1. The van der Waals surface area contributed by atoms with Gasteiger partial charge in [0, 0.05) is 29.9 Å². The van der Waals surface area contributed by atoms with Crippen LogP contribution in [0, 0.1) is 12.8 Å². The van der Waals surface area contributed by atoms with Crippen molar-refractivity contribution >= 4 is 29.0 Å². The second kappa shape index (κ2) is 9.57. The summed E-state index contributed by atoms with van der Waals surface area (Å²) in [6, 6.07) is 16.6. The zero-order chi connectivity index (χ0) is 22.7. The van der Waals surface area contributed by atoms with Gasteiger partial charge >= 0.3 is 0 Å². The van der Waals surface area contributed by atoms with Gasteiger partial charge in [0.1, 0.15) is 5.82 Å². The van der Waals surface area contributed by atoms with Crippen molar-refractivity contribution in [3.63, 3.8) is 0 Å². The number of para-hydroxylation sites is 1. The first kappa shape index (κ1) is 22.1. The van der Waals surface area contributed by atoms with Crippen molar-refractivity contribution < 1.29 is 4.79 Å². The van der Waals surface area contributed by atoms with Gasteiger partial charge in [0.15, 0.2) is 0 Å². The number of rotatable bonds is 5. The Labute approximate surface area is 192 Å². The molecule has 1 N–H and O–H groups in total. The number of halogens is 1. The van der Waals surface area contributed by atoms with Crippen molar-refractivity contribution in [3.8, 4) is 5.69 Å². The molecule has 1 unspecified atom stereocenters. The molecule has 1 aliphatic rings. The van der Waals surface area contributed by atoms with Crippen LogP contribution in [-0.4, -0.2) is 28.8 Å². The van der Waals surface area contributed by atoms with Crippen LogP contribution in [0.25, 0.3) is 5.69 Å². The number of aryl methyl sites for hydroxylation is 2. The number of amides is 1. The molecule has 2 heterocycles. The Morgan fingerprint density at radius 1 is 1.19 bits per heavy atom. The topological polar surface area (TPSA) is 67.2 Å². The second-order valence-electron chi connectivity index (χ2n) is 8.16. The highest BCUT2D eigenvalue weighted by Gasteiger charge is 2.27. The third-order valence-electron chi connectivity index (χ3n) is 5.96. The van der Waals surface area contributed by atoms with Crippen LogP contribution >= 0.6 is 11.6 Å². The first-order chi connectivity index (χ1) is 15.5. The summed E-state index contributed by atoms with van der Waals surface area (Å²) in [4.78, 5) is 27.5. The van der Waals surface area contributed by atoms with Gasteiger partial charge in [0.05, 0.1) is 11.6 Å². The van der Waals surface area contributed by atoms with E-state index in [4.69, 9.17) is 11.6 Å². The average Bonchev–Trinajstić information content (AvgIpc) is 2.81. The number of carbonyl (C=O) groups excluding carboxylic acids is 1. The lowest BCUT2D eigenvalue weighted by Gasteiger charge is -2.33. The monoisotopic (exact) mass is 450 g/mol. The second-order valence-corrected chi connectivity index (χ2v) is 8.57. The minimum Gasteiger partial charge on any atom is -0.354 e. The highest BCUT2D eigenvalue weighted by molar-refractivity contribution is 6.31. The van der Waals surface area contributed by atoms with Crippen molar-refractivity contribution in [1.82, 2.24) is 9.78 Å². The van der Waals surface area contributed by atoms with Crippen molar-refractivity contribution in [2.45, 2.75) is 33.1 Å². The Balaban J connectivity index is 1.54. The van der Waals surface area contributed by atoms with E-state index in [9.17, 15) is 9.59 Å². The molecule has 4 rings (SSSR count). The number of nitrogens with one attached hydrogen (secondary N) is 1. The highest BCUT2D eigenvalue weighted by Crippen LogP contribution is 2.24. The molecule has 2 aromatic carbocycles. The molecular formula is C25H27ClN4O2. The van der Waals surface area contributed by atoms with E-state index in [-0.39, 0.29) is 17.4 Å². The van der Waals surface area contributed by atoms with E-state index in [0.717, 1.165) is 42.6 Å². The lowest BCUT2D eigenvalue weighted by molar-refractivity contribution is -0.120. The molecule has 6 nitrogen and oxygen atoms in total. The van der Waals surface area contributed by atoms with E-state index in [1.165, 1.54) is 10.7 Å². The Bertz CT molecular complexity index is 1190. The molecule has 7 heteroatoms. The van der Waals surface area contributed by atoms with Gasteiger partial charge < -0.3 is 10.2 Å². The van der Waals surface area contributed by atoms with Crippen LogP contribution in [0.2, 0.25) is 5.02 Å². The molecule has 0 saturated carbocycles. The molecule has 1 aromatic heterocycles. The molecule has 1 amide bonds. The number of benzene rings is 2. The summed E-state index contributed by atoms with van der Waals surface area (Å²) in [6.45, 7) is 5.33. The smallest absolute Gasteiger partial charge is 0.271 e. The molecule has 0 spiro atoms. The largest absolute Gasteiger partial charge is 0.354 e. The Hall–Kier alpha value is -3.12. The Morgan fingerprint density at radius 3 is 2.78 bits per heavy atom. The molecule has 0 radical (unpaired) electrons. The lowest BCUT2D eigenvalue weighted by Crippen LogP contribution is -2.42. The van der Waals surface area contributed by atoms with E-state index in [0.29, 0.717) is 23.1 Å². The first-order valence-corrected chi connectivity index (χ1v) is 11.3. The van der Waals surface area contributed by atoms with Crippen LogP contribution in [0.3, 0.4) is 0 Å². The third kappa shape index (κ3) is 4.70. The number of hydrogen-bond acceptors (Lipinski definition) is 4. The maximum Gasteiger partial charge on any atom is 0.271 e. The summed E-state index contributed by atoms with van der Waals surface area (Å²) in [5, 5.41) is 8.27. The van der Waals surface area contributed by atoms with E-state index in [1.807, 2.05) is 43.3 Å². The minimum absolute atomic E-state index is 0.0224. The van der Waals surface area contributed by atoms with Gasteiger partial charge in [-0.1, -0.05) is 42.8 Å². The van der Waals surface area contributed by atoms with Gasteiger partial charge in [-0.25, -0.2) is 0 Å². The van der Waals surface area contributed by atoms with Gasteiger partial charge in [-0.3, -0.25) is 9.59 Å². The number of anilines is 2. The Morgan fingerprint density at radius 2 is 2.00 bits per heavy atom. The number of aromatic nitrogens is 2. The average molecular weight is 451 g/mol. The molecule has 3 aromatic rings. The molecular weight excluding hydrogens is 424 g/mol. The third-order valence-corrected chi connectivity index (χ3v) is 6.37. The fourth-order valence-corrected chi connectivity index (χ4v) is 4.23. The quantitative estimate of drug-likeness (QED) is 0.616. The van der Waals surface area contributed by atoms with Gasteiger partial charge in [-0.05, 0) is 61.6 Å². The summed E-state index contributed by atoms with van der Waals surface area (Å²) in [5.41, 5.74) is 3.33. The maximum absolute atomic E-state index is 13.0. The number of nitrogens with zero attached hydrogens (tertiary/aromatic N) is 3. The number of hydrogen-bond donors (Lipinski definition) is 1. The van der Waals surface area contributed by atoms with Crippen molar-refractivity contribution in [3.05, 3.63) is 81.1 Å². The lowest BCUT2D eigenvalue weighted by atomic mass is 9.96. The fourth-order valence-electron chi connectivity index (χ4n) is 4.05. The molecule has 166 valence electrons. The SMILES string of the molecule is CCc1ccccc1NC(=O)C1CCCN(c2ccc(=O)n(-c3ccc(C)c(Cl)c3)n2)C1. The molecule has 1 atom stereocenters. The van der Waals surface area contributed by atoms with E-state index >= 15 is 0 Å². The van der Waals surface area contributed by atoms with Crippen molar-refractivity contribution in [2.24, 2.45) is 5.92 Å². The van der Waals surface area contributed by atoms with Crippen LogP contribution in [0.5, 0.6) is 0 Å². The molecule has 32 heavy (non-hydrogen) atoms. The zero-order valence-corrected chi connectivity index (χ0v) is 19.1. The highest BCUT2D eigenvalue weighted by atomic mass is 35.5. The van der Waals surface area contributed by atoms with Crippen molar-refractivity contribution in [2.75, 3.05) is 23.3 Å². The predicted octanol–water partition coefficient (Wildman–Crippen LogP) is 4.61. The van der Waals surface area contributed by atoms with Crippen LogP contribution in [0.4, 0.5) is 11.5 Å². The zero-order valence-electron chi connectivity index (χ0n) is 18.3. The first-order valence-electron chi connectivity index (χ1n) is 11.0. The summed E-state index contributed by atoms with van der Waals surface area (Å²) in [7, 11) is 0. The van der Waals surface area contributed by atoms with Crippen LogP contribution in [0.15, 0.2) is 59.4 Å². The van der Waals surface area contributed by atoms with E-state index in [1.54, 1.807) is 12.1 Å². The molecule has 1 aliphatic heterocycles. The summed E-state index contributed by atoms with van der Waals surface area (Å²) in [5.74, 6) is 0.548. The van der Waals surface area contributed by atoms with Crippen LogP contribution in [0.1, 0.15) is 30.9 Å². The fraction of sp³-hybridized carbons (Fsp3) is 0.320. The van der Waals surface area contributed by atoms with Crippen molar-refractivity contribution in [1.29, 1.82) is 0 Å². The van der Waals surface area contributed by atoms with E-state index in [2.05, 4.69) is 22.2 Å². The summed E-state index contributed by atoms with van der Waals surface area (Å²) in [6.07, 6.45) is 2.57. The van der Waals surface area contributed by atoms with Gasteiger partial charge in [0.2, 0.25) is 5.91 Å². The van der Waals surface area contributed by atoms with Gasteiger partial charge in [0.25, 0.3) is 5.56 Å². The predicted molar refractivity (Wildman–Crippen MR) is 129 cm³/mol. The molecule has 1 saturated heterocycles. The van der Waals surface area contributed by atoms with Crippen LogP contribution in [-0.2, 0) is 11.2 Å². The Kier molecular flexibility index (Phi) is 6.61. The maximum atomic E-state index is 13.0. The molecule has 0 aliphatic carbocycles. The standard InChI is InChI=1S/C25H27ClN4O2/c1-3-18-7-4-5-9-22(18)27-25(32)19-8-6-14-29(16-19)23-12-13-24(31)30(28-23)20-11-10-17(2)21(26)15-20/h4-5,7,9-13,15,19H,3,6,8,14,16H2,1-2H3,(H,27,32). The van der Waals surface area contributed by atoms with Gasteiger partial charge in [-0.15, -0.1) is 5.10 Å². The summed E-state index contributed by atoms with van der Waals surface area (Å²) >= 11 is 6.25.